The van der Waals surface area contributed by atoms with Crippen molar-refractivity contribution in [3.05, 3.63) is 77.6 Å². The molecule has 1 fully saturated rings. The van der Waals surface area contributed by atoms with Crippen LogP contribution in [0.25, 0.3) is 10.8 Å². The van der Waals surface area contributed by atoms with Gasteiger partial charge >= 0.3 is 0 Å². The maximum Gasteiger partial charge on any atom is 0.270 e. The van der Waals surface area contributed by atoms with E-state index >= 15 is 0 Å². The Balaban J connectivity index is 1.36. The molecule has 25 heavy (non-hydrogen) atoms. The second kappa shape index (κ2) is 5.69. The zero-order valence-electron chi connectivity index (χ0n) is 14.0. The molecule has 3 atom stereocenters. The zero-order chi connectivity index (χ0) is 16.8. The molecular weight excluding hydrogens is 308 g/mol. The molecule has 3 unspecified atom stereocenters. The summed E-state index contributed by atoms with van der Waals surface area (Å²) in [7, 11) is 0. The van der Waals surface area contributed by atoms with Crippen LogP contribution >= 0.6 is 0 Å². The van der Waals surface area contributed by atoms with E-state index in [0.717, 1.165) is 30.0 Å². The fourth-order valence-electron chi connectivity index (χ4n) is 4.62. The van der Waals surface area contributed by atoms with E-state index in [1.54, 1.807) is 6.20 Å². The molecule has 1 amide bonds. The highest BCUT2D eigenvalue weighted by molar-refractivity contribution is 6.05. The van der Waals surface area contributed by atoms with E-state index in [2.05, 4.69) is 34.6 Å². The van der Waals surface area contributed by atoms with Crippen molar-refractivity contribution in [1.29, 1.82) is 0 Å². The van der Waals surface area contributed by atoms with Crippen LogP contribution in [-0.2, 0) is 6.42 Å². The third-order valence-electron chi connectivity index (χ3n) is 5.95. The number of rotatable bonds is 2. The second-order valence-electron chi connectivity index (χ2n) is 7.20. The molecule has 0 bridgehead atoms. The SMILES string of the molecule is O=C(NC1CC2c3ccccc3CCC12)c1nccc2ccccc12. The van der Waals surface area contributed by atoms with Gasteiger partial charge in [0.25, 0.3) is 5.91 Å². The largest absolute Gasteiger partial charge is 0.348 e. The Morgan fingerprint density at radius 3 is 2.84 bits per heavy atom. The summed E-state index contributed by atoms with van der Waals surface area (Å²) in [6, 6.07) is 18.9. The quantitative estimate of drug-likeness (QED) is 0.770. The number of aryl methyl sites for hydroxylation is 1. The van der Waals surface area contributed by atoms with Crippen LogP contribution in [0, 0.1) is 5.92 Å². The standard InChI is InChI=1S/C22H20N2O/c25-22(21-17-8-4-2-6-15(17)11-12-23-21)24-20-13-19-16-7-3-1-5-14(16)9-10-18(19)20/h1-8,11-12,18-20H,9-10,13H2,(H,24,25). The Bertz CT molecular complexity index is 960. The van der Waals surface area contributed by atoms with Gasteiger partial charge in [-0.3, -0.25) is 9.78 Å². The lowest BCUT2D eigenvalue weighted by atomic mass is 9.60. The average Bonchev–Trinajstić information content (AvgIpc) is 2.65. The van der Waals surface area contributed by atoms with Gasteiger partial charge in [-0.15, -0.1) is 0 Å². The van der Waals surface area contributed by atoms with Crippen molar-refractivity contribution in [2.75, 3.05) is 0 Å². The fraction of sp³-hybridized carbons (Fsp3) is 0.273. The van der Waals surface area contributed by atoms with E-state index in [4.69, 9.17) is 0 Å². The van der Waals surface area contributed by atoms with E-state index in [-0.39, 0.29) is 11.9 Å². The van der Waals surface area contributed by atoms with E-state index < -0.39 is 0 Å². The maximum absolute atomic E-state index is 12.8. The molecule has 1 heterocycles. The summed E-state index contributed by atoms with van der Waals surface area (Å²) in [6.45, 7) is 0. The maximum atomic E-state index is 12.8. The first-order chi connectivity index (χ1) is 12.3. The van der Waals surface area contributed by atoms with Crippen LogP contribution < -0.4 is 5.32 Å². The molecule has 0 spiro atoms. The normalized spacial score (nSPS) is 24.1. The molecule has 0 aliphatic heterocycles. The Kier molecular flexibility index (Phi) is 3.34. The number of hydrogen-bond acceptors (Lipinski definition) is 2. The first-order valence-corrected chi connectivity index (χ1v) is 9.03. The summed E-state index contributed by atoms with van der Waals surface area (Å²) >= 11 is 0. The lowest BCUT2D eigenvalue weighted by Crippen LogP contribution is -2.52. The fourth-order valence-corrected chi connectivity index (χ4v) is 4.62. The number of nitrogens with zero attached hydrogens (tertiary/aromatic N) is 1. The molecule has 0 saturated heterocycles. The van der Waals surface area contributed by atoms with Crippen LogP contribution in [0.4, 0.5) is 0 Å². The second-order valence-corrected chi connectivity index (χ2v) is 7.20. The van der Waals surface area contributed by atoms with Crippen molar-refractivity contribution < 1.29 is 4.79 Å². The number of aromatic nitrogens is 1. The van der Waals surface area contributed by atoms with Gasteiger partial charge in [-0.1, -0.05) is 48.5 Å². The van der Waals surface area contributed by atoms with Crippen LogP contribution in [0.3, 0.4) is 0 Å². The molecule has 2 aliphatic carbocycles. The van der Waals surface area contributed by atoms with Crippen molar-refractivity contribution >= 4 is 16.7 Å². The van der Waals surface area contributed by atoms with Crippen molar-refractivity contribution in [2.24, 2.45) is 5.92 Å². The Morgan fingerprint density at radius 2 is 1.88 bits per heavy atom. The molecular formula is C22H20N2O. The third-order valence-corrected chi connectivity index (χ3v) is 5.95. The van der Waals surface area contributed by atoms with Crippen LogP contribution in [-0.4, -0.2) is 16.9 Å². The van der Waals surface area contributed by atoms with Gasteiger partial charge in [-0.25, -0.2) is 0 Å². The molecule has 1 N–H and O–H groups in total. The minimum absolute atomic E-state index is 0.0425. The summed E-state index contributed by atoms with van der Waals surface area (Å²) in [5.41, 5.74) is 3.52. The number of benzene rings is 2. The average molecular weight is 328 g/mol. The van der Waals surface area contributed by atoms with Gasteiger partial charge in [-0.2, -0.15) is 0 Å². The summed E-state index contributed by atoms with van der Waals surface area (Å²) in [5.74, 6) is 1.13. The van der Waals surface area contributed by atoms with Crippen molar-refractivity contribution in [3.8, 4) is 0 Å². The minimum atomic E-state index is -0.0425. The number of nitrogens with one attached hydrogen (secondary N) is 1. The summed E-state index contributed by atoms with van der Waals surface area (Å²) < 4.78 is 0. The predicted octanol–water partition coefficient (Wildman–Crippen LogP) is 4.08. The van der Waals surface area contributed by atoms with Gasteiger partial charge in [0, 0.05) is 17.6 Å². The Morgan fingerprint density at radius 1 is 1.04 bits per heavy atom. The third kappa shape index (κ3) is 2.34. The molecule has 3 heteroatoms. The topological polar surface area (TPSA) is 42.0 Å². The van der Waals surface area contributed by atoms with Crippen LogP contribution in [0.15, 0.2) is 60.8 Å². The summed E-state index contributed by atoms with van der Waals surface area (Å²) in [6.07, 6.45) is 5.04. The van der Waals surface area contributed by atoms with E-state index in [1.807, 2.05) is 30.3 Å². The molecule has 0 radical (unpaired) electrons. The lowest BCUT2D eigenvalue weighted by molar-refractivity contribution is 0.0816. The van der Waals surface area contributed by atoms with Gasteiger partial charge < -0.3 is 5.32 Å². The van der Waals surface area contributed by atoms with Gasteiger partial charge in [0.2, 0.25) is 0 Å². The monoisotopic (exact) mass is 328 g/mol. The highest BCUT2D eigenvalue weighted by Gasteiger charge is 2.45. The van der Waals surface area contributed by atoms with Crippen molar-refractivity contribution in [2.45, 2.75) is 31.2 Å². The summed E-state index contributed by atoms with van der Waals surface area (Å²) in [5, 5.41) is 5.23. The van der Waals surface area contributed by atoms with Gasteiger partial charge in [0.05, 0.1) is 0 Å². The molecule has 1 aromatic heterocycles. The molecule has 3 aromatic rings. The molecule has 1 saturated carbocycles. The highest BCUT2D eigenvalue weighted by Crippen LogP contribution is 2.49. The molecule has 124 valence electrons. The highest BCUT2D eigenvalue weighted by atomic mass is 16.2. The molecule has 5 rings (SSSR count). The summed E-state index contributed by atoms with van der Waals surface area (Å²) in [4.78, 5) is 17.2. The lowest BCUT2D eigenvalue weighted by Gasteiger charge is -2.48. The number of carbonyl (C=O) groups is 1. The van der Waals surface area contributed by atoms with E-state index in [1.165, 1.54) is 11.1 Å². The number of pyridine rings is 1. The van der Waals surface area contributed by atoms with E-state index in [0.29, 0.717) is 17.5 Å². The number of hydrogen-bond donors (Lipinski definition) is 1. The van der Waals surface area contributed by atoms with Gasteiger partial charge in [0.1, 0.15) is 5.69 Å². The first-order valence-electron chi connectivity index (χ1n) is 9.03. The van der Waals surface area contributed by atoms with Crippen molar-refractivity contribution in [3.63, 3.8) is 0 Å². The number of amides is 1. The Hall–Kier alpha value is -2.68. The molecule has 2 aliphatic rings. The number of carbonyl (C=O) groups excluding carboxylic acids is 1. The van der Waals surface area contributed by atoms with Crippen LogP contribution in [0.1, 0.15) is 40.4 Å². The zero-order valence-corrected chi connectivity index (χ0v) is 14.0. The first kappa shape index (κ1) is 14.6. The van der Waals surface area contributed by atoms with E-state index in [9.17, 15) is 4.79 Å². The number of fused-ring (bicyclic) bond motifs is 4. The van der Waals surface area contributed by atoms with Crippen LogP contribution in [0.2, 0.25) is 0 Å². The molecule has 3 nitrogen and oxygen atoms in total. The molecule has 2 aromatic carbocycles. The van der Waals surface area contributed by atoms with Gasteiger partial charge in [0.15, 0.2) is 0 Å². The predicted molar refractivity (Wildman–Crippen MR) is 98.6 cm³/mol. The van der Waals surface area contributed by atoms with Crippen molar-refractivity contribution in [1.82, 2.24) is 10.3 Å². The Labute approximate surface area is 147 Å². The minimum Gasteiger partial charge on any atom is -0.348 e. The van der Waals surface area contributed by atoms with Gasteiger partial charge in [-0.05, 0) is 53.7 Å². The van der Waals surface area contributed by atoms with Crippen LogP contribution in [0.5, 0.6) is 0 Å². The smallest absolute Gasteiger partial charge is 0.270 e.